The third-order valence-corrected chi connectivity index (χ3v) is 7.22. The summed E-state index contributed by atoms with van der Waals surface area (Å²) in [6, 6.07) is 1.99. The van der Waals surface area contributed by atoms with Gasteiger partial charge in [0, 0.05) is 23.8 Å². The minimum absolute atomic E-state index is 0.155. The summed E-state index contributed by atoms with van der Waals surface area (Å²) in [6.45, 7) is 0. The summed E-state index contributed by atoms with van der Waals surface area (Å²) < 4.78 is 25.2. The molecule has 4 aliphatic rings. The predicted molar refractivity (Wildman–Crippen MR) is 104 cm³/mol. The Labute approximate surface area is 163 Å². The number of fused-ring (bicyclic) bond motifs is 1. The molecule has 0 saturated heterocycles. The molecule has 150 valence electrons. The molecule has 0 spiro atoms. The van der Waals surface area contributed by atoms with Crippen molar-refractivity contribution in [3.8, 4) is 0 Å². The number of hydrogen-bond donors (Lipinski definition) is 4. The van der Waals surface area contributed by atoms with Crippen molar-refractivity contribution in [2.75, 3.05) is 11.6 Å². The molecule has 0 aromatic carbocycles. The number of nitrogens with zero attached hydrogens (tertiary/aromatic N) is 1. The third-order valence-electron chi connectivity index (χ3n) is 6.66. The number of nitrogens with one attached hydrogen (secondary N) is 3. The number of aliphatic hydroxyl groups is 1. The minimum atomic E-state index is -3.68. The second-order valence-corrected chi connectivity index (χ2v) is 10.6. The summed E-state index contributed by atoms with van der Waals surface area (Å²) in [5, 5.41) is 15.2. The molecule has 4 saturated carbocycles. The maximum atomic E-state index is 12.6. The zero-order valence-corrected chi connectivity index (χ0v) is 16.4. The third kappa shape index (κ3) is 2.97. The topological polar surface area (TPSA) is 124 Å². The van der Waals surface area contributed by atoms with E-state index in [1.807, 2.05) is 10.8 Å². The number of sulfonamides is 1. The van der Waals surface area contributed by atoms with Crippen LogP contribution in [-0.2, 0) is 10.0 Å². The number of carbonyl (C=O) groups is 1. The van der Waals surface area contributed by atoms with E-state index >= 15 is 0 Å². The Morgan fingerprint density at radius 1 is 1.29 bits per heavy atom. The van der Waals surface area contributed by atoms with Gasteiger partial charge in [0.2, 0.25) is 10.0 Å². The second kappa shape index (κ2) is 5.93. The number of amides is 1. The minimum Gasteiger partial charge on any atom is -0.390 e. The molecule has 0 aliphatic heterocycles. The number of anilines is 1. The number of aromatic nitrogens is 2. The Morgan fingerprint density at radius 3 is 2.64 bits per heavy atom. The van der Waals surface area contributed by atoms with Gasteiger partial charge in [-0.25, -0.2) is 18.1 Å². The fourth-order valence-electron chi connectivity index (χ4n) is 5.94. The highest BCUT2D eigenvalue weighted by Gasteiger charge is 2.54. The average molecular weight is 404 g/mol. The molecule has 4 bridgehead atoms. The van der Waals surface area contributed by atoms with Crippen LogP contribution in [0.5, 0.6) is 0 Å². The van der Waals surface area contributed by atoms with Crippen molar-refractivity contribution < 1.29 is 18.3 Å². The Hall–Kier alpha value is -2.13. The van der Waals surface area contributed by atoms with Crippen molar-refractivity contribution in [3.63, 3.8) is 0 Å². The SMILES string of the molecule is CS(=O)(=O)NC(=O)c1cnc2[nH]ccc2c1NC1[C@@H]2CC3C[C@H]1CC(O)(C3)C2. The van der Waals surface area contributed by atoms with E-state index in [2.05, 4.69) is 15.3 Å². The van der Waals surface area contributed by atoms with E-state index in [0.717, 1.165) is 43.7 Å². The number of hydrogen-bond acceptors (Lipinski definition) is 6. The summed E-state index contributed by atoms with van der Waals surface area (Å²) in [5.74, 6) is 0.592. The lowest BCUT2D eigenvalue weighted by Crippen LogP contribution is -2.59. The van der Waals surface area contributed by atoms with Gasteiger partial charge < -0.3 is 15.4 Å². The molecular weight excluding hydrogens is 380 g/mol. The van der Waals surface area contributed by atoms with Crippen LogP contribution in [0.2, 0.25) is 0 Å². The first-order chi connectivity index (χ1) is 13.2. The fraction of sp³-hybridized carbons (Fsp3) is 0.579. The van der Waals surface area contributed by atoms with E-state index in [1.165, 1.54) is 6.20 Å². The molecule has 4 aliphatic carbocycles. The number of H-pyrrole nitrogens is 1. The first-order valence-electron chi connectivity index (χ1n) is 9.68. The van der Waals surface area contributed by atoms with Gasteiger partial charge in [0.25, 0.3) is 5.91 Å². The summed E-state index contributed by atoms with van der Waals surface area (Å²) in [5.41, 5.74) is 0.926. The summed E-state index contributed by atoms with van der Waals surface area (Å²) in [4.78, 5) is 19.9. The molecule has 2 heterocycles. The van der Waals surface area contributed by atoms with Crippen LogP contribution in [0, 0.1) is 17.8 Å². The summed E-state index contributed by atoms with van der Waals surface area (Å²) in [6.07, 6.45) is 8.76. The Kier molecular flexibility index (Phi) is 3.80. The van der Waals surface area contributed by atoms with Crippen molar-refractivity contribution in [3.05, 3.63) is 24.0 Å². The largest absolute Gasteiger partial charge is 0.390 e. The number of rotatable bonds is 4. The van der Waals surface area contributed by atoms with Crippen LogP contribution in [0.3, 0.4) is 0 Å². The van der Waals surface area contributed by atoms with Gasteiger partial charge in [-0.05, 0) is 55.9 Å². The monoisotopic (exact) mass is 404 g/mol. The second-order valence-electron chi connectivity index (χ2n) is 8.85. The molecule has 2 aromatic heterocycles. The summed E-state index contributed by atoms with van der Waals surface area (Å²) in [7, 11) is -3.68. The zero-order valence-electron chi connectivity index (χ0n) is 15.6. The standard InChI is InChI=1S/C19H24N4O4S/c1-28(26,27)23-18(24)14-9-21-17-13(2-3-20-17)16(14)22-15-11-4-10-5-12(15)8-19(25,6-10)7-11/h2-3,9-12,15,25H,4-8H2,1H3,(H,23,24)(H2,20,21,22)/t10?,11-,12+,15?,19?. The lowest BCUT2D eigenvalue weighted by atomic mass is 9.52. The molecule has 5 atom stereocenters. The van der Waals surface area contributed by atoms with E-state index in [-0.39, 0.29) is 11.6 Å². The number of aromatic amines is 1. The Morgan fingerprint density at radius 2 is 2.00 bits per heavy atom. The maximum Gasteiger partial charge on any atom is 0.268 e. The maximum absolute atomic E-state index is 12.6. The molecule has 9 heteroatoms. The van der Waals surface area contributed by atoms with Crippen molar-refractivity contribution in [2.45, 2.75) is 43.7 Å². The lowest BCUT2D eigenvalue weighted by Gasteiger charge is -2.58. The molecule has 4 N–H and O–H groups in total. The normalized spacial score (nSPS) is 33.9. The molecule has 0 radical (unpaired) electrons. The molecule has 3 unspecified atom stereocenters. The molecule has 28 heavy (non-hydrogen) atoms. The number of carbonyl (C=O) groups excluding carboxylic acids is 1. The molecular formula is C19H24N4O4S. The molecule has 4 fully saturated rings. The lowest BCUT2D eigenvalue weighted by molar-refractivity contribution is -0.129. The Balaban J connectivity index is 1.52. The van der Waals surface area contributed by atoms with Crippen molar-refractivity contribution >= 4 is 32.7 Å². The highest BCUT2D eigenvalue weighted by Crippen LogP contribution is 2.56. The van der Waals surface area contributed by atoms with Crippen molar-refractivity contribution in [1.82, 2.24) is 14.7 Å². The zero-order chi connectivity index (χ0) is 19.7. The van der Waals surface area contributed by atoms with E-state index in [1.54, 1.807) is 6.20 Å². The molecule has 2 aromatic rings. The van der Waals surface area contributed by atoms with Crippen LogP contribution >= 0.6 is 0 Å². The summed E-state index contributed by atoms with van der Waals surface area (Å²) >= 11 is 0. The smallest absolute Gasteiger partial charge is 0.268 e. The van der Waals surface area contributed by atoms with Gasteiger partial charge in [0.15, 0.2) is 0 Å². The highest BCUT2D eigenvalue weighted by atomic mass is 32.2. The quantitative estimate of drug-likeness (QED) is 0.614. The van der Waals surface area contributed by atoms with Gasteiger partial charge in [-0.15, -0.1) is 0 Å². The van der Waals surface area contributed by atoms with Crippen molar-refractivity contribution in [1.29, 1.82) is 0 Å². The first kappa shape index (κ1) is 17.9. The number of pyridine rings is 1. The molecule has 1 amide bonds. The molecule has 8 nitrogen and oxygen atoms in total. The van der Waals surface area contributed by atoms with E-state index in [4.69, 9.17) is 0 Å². The van der Waals surface area contributed by atoms with Gasteiger partial charge in [-0.3, -0.25) is 4.79 Å². The van der Waals surface area contributed by atoms with Gasteiger partial charge in [-0.1, -0.05) is 0 Å². The van der Waals surface area contributed by atoms with Crippen LogP contribution in [0.1, 0.15) is 42.5 Å². The van der Waals surface area contributed by atoms with Crippen LogP contribution < -0.4 is 10.0 Å². The van der Waals surface area contributed by atoms with Crippen LogP contribution in [0.4, 0.5) is 5.69 Å². The fourth-order valence-corrected chi connectivity index (χ4v) is 6.39. The van der Waals surface area contributed by atoms with Crippen LogP contribution in [0.25, 0.3) is 11.0 Å². The van der Waals surface area contributed by atoms with E-state index in [9.17, 15) is 18.3 Å². The van der Waals surface area contributed by atoms with Crippen LogP contribution in [0.15, 0.2) is 18.5 Å². The van der Waals surface area contributed by atoms with Crippen LogP contribution in [-0.4, -0.2) is 47.3 Å². The van der Waals surface area contributed by atoms with Crippen molar-refractivity contribution in [2.24, 2.45) is 17.8 Å². The Bertz CT molecular complexity index is 1050. The van der Waals surface area contributed by atoms with Gasteiger partial charge in [0.1, 0.15) is 5.65 Å². The van der Waals surface area contributed by atoms with E-state index in [0.29, 0.717) is 29.1 Å². The first-order valence-corrected chi connectivity index (χ1v) is 11.6. The van der Waals surface area contributed by atoms with Gasteiger partial charge >= 0.3 is 0 Å². The molecule has 6 rings (SSSR count). The predicted octanol–water partition coefficient (Wildman–Crippen LogP) is 1.60. The van der Waals surface area contributed by atoms with Gasteiger partial charge in [0.05, 0.1) is 23.1 Å². The highest BCUT2D eigenvalue weighted by molar-refractivity contribution is 7.89. The van der Waals surface area contributed by atoms with E-state index < -0.39 is 21.5 Å². The van der Waals surface area contributed by atoms with Gasteiger partial charge in [-0.2, -0.15) is 0 Å². The average Bonchev–Trinajstić information content (AvgIpc) is 3.03.